The van der Waals surface area contributed by atoms with E-state index in [0.717, 1.165) is 22.4 Å². The fourth-order valence-corrected chi connectivity index (χ4v) is 2.51. The predicted molar refractivity (Wildman–Crippen MR) is 105 cm³/mol. The van der Waals surface area contributed by atoms with Gasteiger partial charge in [0.1, 0.15) is 0 Å². The summed E-state index contributed by atoms with van der Waals surface area (Å²) in [7, 11) is 0. The van der Waals surface area contributed by atoms with Crippen LogP contribution in [0.25, 0.3) is 0 Å². The molecule has 0 bridgehead atoms. The van der Waals surface area contributed by atoms with E-state index in [2.05, 4.69) is 21.5 Å². The lowest BCUT2D eigenvalue weighted by Crippen LogP contribution is -2.44. The van der Waals surface area contributed by atoms with Gasteiger partial charge in [-0.25, -0.2) is 0 Å². The molecule has 2 rings (SSSR count). The number of aryl methyl sites for hydroxylation is 2. The van der Waals surface area contributed by atoms with Crippen LogP contribution >= 0.6 is 0 Å². The average Bonchev–Trinajstić information content (AvgIpc) is 2.60. The van der Waals surface area contributed by atoms with Crippen molar-refractivity contribution < 1.29 is 14.4 Å². The van der Waals surface area contributed by atoms with Crippen LogP contribution in [0, 0.1) is 13.8 Å². The summed E-state index contributed by atoms with van der Waals surface area (Å²) in [5, 5.41) is 5.69. The number of hydrogen-bond donors (Lipinski definition) is 4. The molecule has 0 aliphatic heterocycles. The van der Waals surface area contributed by atoms with Gasteiger partial charge in [-0.2, -0.15) is 0 Å². The molecule has 0 fully saturated rings. The van der Waals surface area contributed by atoms with Gasteiger partial charge in [0.15, 0.2) is 0 Å². The van der Waals surface area contributed by atoms with Gasteiger partial charge in [-0.05, 0) is 43.2 Å². The van der Waals surface area contributed by atoms with Crippen molar-refractivity contribution in [1.82, 2.24) is 10.9 Å². The van der Waals surface area contributed by atoms with Gasteiger partial charge < -0.3 is 10.6 Å². The summed E-state index contributed by atoms with van der Waals surface area (Å²) in [6, 6.07) is 12.8. The molecule has 142 valence electrons. The average molecular weight is 368 g/mol. The Hall–Kier alpha value is -3.35. The van der Waals surface area contributed by atoms with Gasteiger partial charge in [0.05, 0.1) is 13.0 Å². The quantitative estimate of drug-likeness (QED) is 0.587. The van der Waals surface area contributed by atoms with Crippen molar-refractivity contribution in [2.24, 2.45) is 0 Å². The Morgan fingerprint density at radius 3 is 2.19 bits per heavy atom. The molecule has 0 atom stereocenters. The molecular formula is C20H24N4O3. The van der Waals surface area contributed by atoms with Crippen LogP contribution < -0.4 is 21.5 Å². The molecule has 0 aromatic heterocycles. The largest absolute Gasteiger partial charge is 0.376 e. The fraction of sp³-hybridized carbons (Fsp3) is 0.250. The van der Waals surface area contributed by atoms with Gasteiger partial charge in [-0.3, -0.25) is 25.2 Å². The van der Waals surface area contributed by atoms with Crippen molar-refractivity contribution >= 4 is 29.1 Å². The Balaban J connectivity index is 1.74. The van der Waals surface area contributed by atoms with Gasteiger partial charge in [0, 0.05) is 18.3 Å². The molecule has 27 heavy (non-hydrogen) atoms. The molecular weight excluding hydrogens is 344 g/mol. The highest BCUT2D eigenvalue weighted by Crippen LogP contribution is 2.15. The van der Waals surface area contributed by atoms with Gasteiger partial charge in [0.25, 0.3) is 5.91 Å². The van der Waals surface area contributed by atoms with E-state index in [-0.39, 0.29) is 30.7 Å². The van der Waals surface area contributed by atoms with E-state index in [1.165, 1.54) is 6.92 Å². The minimum Gasteiger partial charge on any atom is -0.376 e. The highest BCUT2D eigenvalue weighted by molar-refractivity contribution is 5.89. The van der Waals surface area contributed by atoms with E-state index in [4.69, 9.17) is 0 Å². The maximum atomic E-state index is 11.9. The fourth-order valence-electron chi connectivity index (χ4n) is 2.51. The Morgan fingerprint density at radius 1 is 0.889 bits per heavy atom. The van der Waals surface area contributed by atoms with Crippen LogP contribution in [-0.4, -0.2) is 24.3 Å². The number of nitrogens with one attached hydrogen (secondary N) is 4. The maximum Gasteiger partial charge on any atom is 0.257 e. The molecule has 7 nitrogen and oxygen atoms in total. The van der Waals surface area contributed by atoms with Crippen molar-refractivity contribution in [3.63, 3.8) is 0 Å². The highest BCUT2D eigenvalue weighted by Gasteiger charge is 2.07. The van der Waals surface area contributed by atoms with E-state index in [1.54, 1.807) is 24.3 Å². The molecule has 0 saturated heterocycles. The summed E-state index contributed by atoms with van der Waals surface area (Å²) in [6.07, 6.45) is 0.116. The monoisotopic (exact) mass is 368 g/mol. The molecule has 3 amide bonds. The molecule has 0 radical (unpaired) electrons. The van der Waals surface area contributed by atoms with E-state index >= 15 is 0 Å². The smallest absolute Gasteiger partial charge is 0.257 e. The van der Waals surface area contributed by atoms with Crippen LogP contribution in [0.3, 0.4) is 0 Å². The van der Waals surface area contributed by atoms with Crippen LogP contribution in [0.1, 0.15) is 23.6 Å². The molecule has 4 N–H and O–H groups in total. The first-order valence-corrected chi connectivity index (χ1v) is 8.59. The number of hydrogen-bond acceptors (Lipinski definition) is 4. The predicted octanol–water partition coefficient (Wildman–Crippen LogP) is 2.06. The molecule has 0 aliphatic carbocycles. The molecule has 0 spiro atoms. The van der Waals surface area contributed by atoms with E-state index in [1.807, 2.05) is 32.0 Å². The van der Waals surface area contributed by atoms with Crippen LogP contribution in [0.4, 0.5) is 11.4 Å². The standard InChI is InChI=1S/C20H24N4O3/c1-13-4-9-18(14(2)10-13)21-12-20(27)24-23-19(26)11-16-5-7-17(8-6-16)22-15(3)25/h4-10,21H,11-12H2,1-3H3,(H,22,25)(H,23,26)(H,24,27). The van der Waals surface area contributed by atoms with Crippen molar-refractivity contribution in [3.05, 3.63) is 59.2 Å². The SMILES string of the molecule is CC(=O)Nc1ccc(CC(=O)NNC(=O)CNc2ccc(C)cc2C)cc1. The lowest BCUT2D eigenvalue weighted by atomic mass is 10.1. The zero-order chi connectivity index (χ0) is 19.8. The second-order valence-corrected chi connectivity index (χ2v) is 6.32. The number of anilines is 2. The van der Waals surface area contributed by atoms with Crippen molar-refractivity contribution in [2.45, 2.75) is 27.2 Å². The van der Waals surface area contributed by atoms with Gasteiger partial charge >= 0.3 is 0 Å². The van der Waals surface area contributed by atoms with Crippen molar-refractivity contribution in [2.75, 3.05) is 17.2 Å². The first-order valence-electron chi connectivity index (χ1n) is 8.59. The third-order valence-corrected chi connectivity index (χ3v) is 3.80. The minimum atomic E-state index is -0.343. The summed E-state index contributed by atoms with van der Waals surface area (Å²) >= 11 is 0. The van der Waals surface area contributed by atoms with Crippen LogP contribution in [-0.2, 0) is 20.8 Å². The molecule has 0 aliphatic rings. The van der Waals surface area contributed by atoms with E-state index in [9.17, 15) is 14.4 Å². The highest BCUT2D eigenvalue weighted by atomic mass is 16.2. The molecule has 2 aromatic rings. The third-order valence-electron chi connectivity index (χ3n) is 3.80. The zero-order valence-corrected chi connectivity index (χ0v) is 15.7. The molecule has 7 heteroatoms. The summed E-state index contributed by atoms with van der Waals surface area (Å²) < 4.78 is 0. The summed E-state index contributed by atoms with van der Waals surface area (Å²) in [5.74, 6) is -0.830. The first kappa shape index (κ1) is 20.0. The Bertz CT molecular complexity index is 832. The number of hydrazine groups is 1. The first-order chi connectivity index (χ1) is 12.8. The van der Waals surface area contributed by atoms with Gasteiger partial charge in [-0.1, -0.05) is 29.8 Å². The minimum absolute atomic E-state index is 0.0512. The summed E-state index contributed by atoms with van der Waals surface area (Å²) in [6.45, 7) is 5.45. The topological polar surface area (TPSA) is 99.3 Å². The Morgan fingerprint density at radius 2 is 1.56 bits per heavy atom. The van der Waals surface area contributed by atoms with Crippen LogP contribution in [0.5, 0.6) is 0 Å². The van der Waals surface area contributed by atoms with Crippen LogP contribution in [0.2, 0.25) is 0 Å². The van der Waals surface area contributed by atoms with Crippen molar-refractivity contribution in [1.29, 1.82) is 0 Å². The second kappa shape index (κ2) is 9.38. The van der Waals surface area contributed by atoms with Gasteiger partial charge in [0.2, 0.25) is 11.8 Å². The normalized spacial score (nSPS) is 10.0. The molecule has 0 saturated carbocycles. The molecule has 2 aromatic carbocycles. The third kappa shape index (κ3) is 6.81. The second-order valence-electron chi connectivity index (χ2n) is 6.32. The number of carbonyl (C=O) groups excluding carboxylic acids is 3. The zero-order valence-electron chi connectivity index (χ0n) is 15.7. The maximum absolute atomic E-state index is 11.9. The number of carbonyl (C=O) groups is 3. The number of benzene rings is 2. The van der Waals surface area contributed by atoms with E-state index < -0.39 is 0 Å². The number of rotatable bonds is 6. The number of amides is 3. The lowest BCUT2D eigenvalue weighted by Gasteiger charge is -2.11. The van der Waals surface area contributed by atoms with Gasteiger partial charge in [-0.15, -0.1) is 0 Å². The van der Waals surface area contributed by atoms with E-state index in [0.29, 0.717) is 5.69 Å². The Labute approximate surface area is 158 Å². The summed E-state index contributed by atoms with van der Waals surface area (Å²) in [4.78, 5) is 34.8. The Kier molecular flexibility index (Phi) is 6.93. The van der Waals surface area contributed by atoms with Crippen molar-refractivity contribution in [3.8, 4) is 0 Å². The molecule has 0 unspecified atom stereocenters. The van der Waals surface area contributed by atoms with Crippen LogP contribution in [0.15, 0.2) is 42.5 Å². The lowest BCUT2D eigenvalue weighted by molar-refractivity contribution is -0.127. The summed E-state index contributed by atoms with van der Waals surface area (Å²) in [5.41, 5.74) is 9.28. The molecule has 0 heterocycles.